The molecule has 90 valence electrons. The molecule has 1 aliphatic carbocycles. The van der Waals surface area contributed by atoms with Crippen molar-refractivity contribution in [2.75, 3.05) is 0 Å². The van der Waals surface area contributed by atoms with Gasteiger partial charge < -0.3 is 4.74 Å². The lowest BCUT2D eigenvalue weighted by Gasteiger charge is -2.17. The van der Waals surface area contributed by atoms with E-state index in [4.69, 9.17) is 11.3 Å². The Kier molecular flexibility index (Phi) is 3.59. The summed E-state index contributed by atoms with van der Waals surface area (Å²) in [6.45, 7) is 8.71. The van der Waals surface area contributed by atoms with E-state index in [0.29, 0.717) is 11.3 Å². The highest BCUT2D eigenvalue weighted by molar-refractivity contribution is 5.90. The molecule has 3 nitrogen and oxygen atoms in total. The minimum atomic E-state index is -0.354. The van der Waals surface area contributed by atoms with Crippen molar-refractivity contribution in [2.45, 2.75) is 13.0 Å². The molecule has 0 aliphatic heterocycles. The second kappa shape index (κ2) is 5.33. The fourth-order valence-electron chi connectivity index (χ4n) is 1.75. The zero-order valence-electron chi connectivity index (χ0n) is 10.0. The van der Waals surface area contributed by atoms with E-state index in [1.54, 1.807) is 24.3 Å². The van der Waals surface area contributed by atoms with Crippen molar-refractivity contribution in [3.05, 3.63) is 65.6 Å². The molecule has 0 saturated carbocycles. The van der Waals surface area contributed by atoms with E-state index < -0.39 is 0 Å². The van der Waals surface area contributed by atoms with Gasteiger partial charge in [0.2, 0.25) is 0 Å². The van der Waals surface area contributed by atoms with Gasteiger partial charge in [-0.1, -0.05) is 48.6 Å². The molecule has 0 radical (unpaired) electrons. The molecule has 0 aromatic heterocycles. The van der Waals surface area contributed by atoms with E-state index in [2.05, 4.69) is 4.85 Å². The Labute approximate surface area is 106 Å². The molecule has 0 heterocycles. The lowest BCUT2D eigenvalue weighted by atomic mass is 10.1. The van der Waals surface area contributed by atoms with Gasteiger partial charge in [-0.15, -0.1) is 0 Å². The van der Waals surface area contributed by atoms with Gasteiger partial charge in [-0.25, -0.2) is 9.64 Å². The monoisotopic (exact) mass is 239 g/mol. The Morgan fingerprint density at radius 2 is 1.89 bits per heavy atom. The Balaban J connectivity index is 2.00. The summed E-state index contributed by atoms with van der Waals surface area (Å²) in [5, 5.41) is 0. The maximum Gasteiger partial charge on any atom is 0.338 e. The molecule has 2 rings (SSSR count). The normalized spacial score (nSPS) is 15.3. The van der Waals surface area contributed by atoms with Gasteiger partial charge in [0, 0.05) is 5.92 Å². The Morgan fingerprint density at radius 3 is 2.44 bits per heavy atom. The lowest BCUT2D eigenvalue weighted by Crippen LogP contribution is -2.20. The van der Waals surface area contributed by atoms with E-state index in [1.807, 2.05) is 31.2 Å². The molecule has 18 heavy (non-hydrogen) atoms. The fourth-order valence-corrected chi connectivity index (χ4v) is 1.75. The van der Waals surface area contributed by atoms with E-state index in [9.17, 15) is 4.79 Å². The van der Waals surface area contributed by atoms with Crippen molar-refractivity contribution in [2.24, 2.45) is 5.92 Å². The molecule has 1 aromatic rings. The molecule has 0 amide bonds. The van der Waals surface area contributed by atoms with Crippen LogP contribution < -0.4 is 0 Å². The molecule has 3 heteroatoms. The van der Waals surface area contributed by atoms with Gasteiger partial charge in [0.05, 0.1) is 12.1 Å². The number of carbonyl (C=O) groups is 1. The number of esters is 1. The largest absolute Gasteiger partial charge is 0.458 e. The van der Waals surface area contributed by atoms with Crippen molar-refractivity contribution in [3.8, 4) is 0 Å². The van der Waals surface area contributed by atoms with Gasteiger partial charge in [0.15, 0.2) is 5.69 Å². The van der Waals surface area contributed by atoms with Crippen LogP contribution in [0.15, 0.2) is 48.6 Å². The van der Waals surface area contributed by atoms with Crippen LogP contribution >= 0.6 is 0 Å². The van der Waals surface area contributed by atoms with E-state index in [0.717, 1.165) is 0 Å². The Morgan fingerprint density at radius 1 is 1.28 bits per heavy atom. The van der Waals surface area contributed by atoms with Crippen LogP contribution in [0.25, 0.3) is 4.85 Å². The minimum absolute atomic E-state index is 0.150. The summed E-state index contributed by atoms with van der Waals surface area (Å²) in [5.41, 5.74) is 0.987. The first kappa shape index (κ1) is 12.1. The van der Waals surface area contributed by atoms with Crippen LogP contribution in [0.4, 0.5) is 5.69 Å². The van der Waals surface area contributed by atoms with Crippen LogP contribution in [-0.2, 0) is 4.74 Å². The first-order valence-electron chi connectivity index (χ1n) is 5.74. The third-order valence-corrected chi connectivity index (χ3v) is 2.84. The summed E-state index contributed by atoms with van der Waals surface area (Å²) in [6, 6.07) is 6.46. The molecule has 0 spiro atoms. The van der Waals surface area contributed by atoms with Gasteiger partial charge in [-0.2, -0.15) is 0 Å². The van der Waals surface area contributed by atoms with E-state index in [-0.39, 0.29) is 18.0 Å². The second-order valence-electron chi connectivity index (χ2n) is 4.12. The van der Waals surface area contributed by atoms with Gasteiger partial charge in [0.1, 0.15) is 6.10 Å². The maximum absolute atomic E-state index is 11.9. The van der Waals surface area contributed by atoms with Crippen LogP contribution in [0.3, 0.4) is 0 Å². The quantitative estimate of drug-likeness (QED) is 0.596. The van der Waals surface area contributed by atoms with Crippen LogP contribution in [-0.4, -0.2) is 12.1 Å². The summed E-state index contributed by atoms with van der Waals surface area (Å²) < 4.78 is 5.37. The molecule has 1 aromatic carbocycles. The van der Waals surface area contributed by atoms with Crippen LogP contribution in [0.2, 0.25) is 0 Å². The average molecular weight is 239 g/mol. The third kappa shape index (κ3) is 2.67. The predicted molar refractivity (Wildman–Crippen MR) is 69.4 cm³/mol. The highest BCUT2D eigenvalue weighted by Gasteiger charge is 2.18. The minimum Gasteiger partial charge on any atom is -0.458 e. The standard InChI is InChI=1S/C15H13NO2/c1-11(12-5-3-4-6-12)18-15(17)13-7-9-14(16-2)10-8-13/h3-12H,1H3/t11-/m0/s1. The highest BCUT2D eigenvalue weighted by atomic mass is 16.5. The predicted octanol–water partition coefficient (Wildman–Crippen LogP) is 3.52. The molecule has 0 saturated heterocycles. The zero-order chi connectivity index (χ0) is 13.0. The number of allylic oxidation sites excluding steroid dienone is 2. The summed E-state index contributed by atoms with van der Waals surface area (Å²) in [7, 11) is 0. The first-order valence-corrected chi connectivity index (χ1v) is 5.74. The van der Waals surface area contributed by atoms with Gasteiger partial charge >= 0.3 is 5.97 Å². The number of rotatable bonds is 3. The summed E-state index contributed by atoms with van der Waals surface area (Å²) in [6.07, 6.45) is 7.70. The average Bonchev–Trinajstić information content (AvgIpc) is 2.92. The number of ether oxygens (including phenoxy) is 1. The molecule has 1 aliphatic rings. The van der Waals surface area contributed by atoms with Crippen molar-refractivity contribution >= 4 is 11.7 Å². The van der Waals surface area contributed by atoms with Crippen LogP contribution in [0.5, 0.6) is 0 Å². The van der Waals surface area contributed by atoms with Crippen LogP contribution in [0.1, 0.15) is 17.3 Å². The highest BCUT2D eigenvalue weighted by Crippen LogP contribution is 2.19. The third-order valence-electron chi connectivity index (χ3n) is 2.84. The SMILES string of the molecule is [C-]#[N+]c1ccc(C(=O)O[C@@H](C)C2C=CC=C2)cc1. The summed E-state index contributed by atoms with van der Waals surface area (Å²) in [5.74, 6) is -0.204. The van der Waals surface area contributed by atoms with Crippen molar-refractivity contribution in [3.63, 3.8) is 0 Å². The fraction of sp³-hybridized carbons (Fsp3) is 0.200. The van der Waals surface area contributed by atoms with E-state index >= 15 is 0 Å². The Hall–Kier alpha value is -2.34. The molecule has 0 unspecified atom stereocenters. The van der Waals surface area contributed by atoms with Crippen molar-refractivity contribution in [1.82, 2.24) is 0 Å². The zero-order valence-corrected chi connectivity index (χ0v) is 10.0. The number of nitrogens with zero attached hydrogens (tertiary/aromatic N) is 1. The molecular formula is C15H13NO2. The summed E-state index contributed by atoms with van der Waals surface area (Å²) in [4.78, 5) is 15.1. The topological polar surface area (TPSA) is 30.7 Å². The number of hydrogen-bond acceptors (Lipinski definition) is 2. The Bertz CT molecular complexity index is 523. The van der Waals surface area contributed by atoms with E-state index in [1.165, 1.54) is 0 Å². The molecule has 0 fully saturated rings. The van der Waals surface area contributed by atoms with Crippen molar-refractivity contribution in [1.29, 1.82) is 0 Å². The number of carbonyl (C=O) groups excluding carboxylic acids is 1. The smallest absolute Gasteiger partial charge is 0.338 e. The van der Waals surface area contributed by atoms with Gasteiger partial charge in [-0.3, -0.25) is 0 Å². The van der Waals surface area contributed by atoms with Crippen LogP contribution in [0, 0.1) is 12.5 Å². The number of hydrogen-bond donors (Lipinski definition) is 0. The molecule has 0 bridgehead atoms. The number of benzene rings is 1. The maximum atomic E-state index is 11.9. The summed E-state index contributed by atoms with van der Waals surface area (Å²) >= 11 is 0. The van der Waals surface area contributed by atoms with Gasteiger partial charge in [0.25, 0.3) is 0 Å². The molecule has 0 N–H and O–H groups in total. The second-order valence-corrected chi connectivity index (χ2v) is 4.12. The molecule has 1 atom stereocenters. The first-order chi connectivity index (χ1) is 8.70. The van der Waals surface area contributed by atoms with Crippen molar-refractivity contribution < 1.29 is 9.53 Å². The molecular weight excluding hydrogens is 226 g/mol. The van der Waals surface area contributed by atoms with Gasteiger partial charge in [-0.05, 0) is 6.92 Å². The lowest BCUT2D eigenvalue weighted by molar-refractivity contribution is 0.0291.